The zero-order valence-electron chi connectivity index (χ0n) is 10.5. The summed E-state index contributed by atoms with van der Waals surface area (Å²) < 4.78 is 0. The van der Waals surface area contributed by atoms with E-state index in [0.29, 0.717) is 15.6 Å². The highest BCUT2D eigenvalue weighted by molar-refractivity contribution is 6.42. The maximum atomic E-state index is 12.1. The van der Waals surface area contributed by atoms with Gasteiger partial charge in [0.15, 0.2) is 5.78 Å². The van der Waals surface area contributed by atoms with Crippen LogP contribution in [0.3, 0.4) is 0 Å². The van der Waals surface area contributed by atoms with E-state index >= 15 is 0 Å². The summed E-state index contributed by atoms with van der Waals surface area (Å²) in [7, 11) is 0. The minimum atomic E-state index is -0.257. The van der Waals surface area contributed by atoms with Crippen LogP contribution in [0.15, 0.2) is 18.2 Å². The van der Waals surface area contributed by atoms with Crippen molar-refractivity contribution in [3.05, 3.63) is 33.8 Å². The van der Waals surface area contributed by atoms with Gasteiger partial charge >= 0.3 is 0 Å². The molecule has 17 heavy (non-hydrogen) atoms. The minimum Gasteiger partial charge on any atom is -0.303 e. The van der Waals surface area contributed by atoms with Gasteiger partial charge in [-0.3, -0.25) is 4.79 Å². The number of rotatable bonds is 3. The molecule has 0 spiro atoms. The smallest absolute Gasteiger partial charge is 0.179 e. The molecule has 0 fully saturated rings. The number of carbonyl (C=O) groups is 1. The quantitative estimate of drug-likeness (QED) is 0.845. The Hall–Kier alpha value is -0.570. The van der Waals surface area contributed by atoms with E-state index in [2.05, 4.69) is 5.32 Å². The summed E-state index contributed by atoms with van der Waals surface area (Å²) in [4.78, 5) is 12.1. The summed E-state index contributed by atoms with van der Waals surface area (Å²) in [5, 5.41) is 4.09. The number of carbonyl (C=O) groups excluding carboxylic acids is 1. The van der Waals surface area contributed by atoms with Gasteiger partial charge in [0.2, 0.25) is 0 Å². The van der Waals surface area contributed by atoms with Crippen molar-refractivity contribution >= 4 is 29.0 Å². The zero-order chi connectivity index (χ0) is 13.2. The van der Waals surface area contributed by atoms with Gasteiger partial charge in [0.05, 0.1) is 16.1 Å². The largest absolute Gasteiger partial charge is 0.303 e. The Kier molecular flexibility index (Phi) is 4.59. The molecule has 0 saturated carbocycles. The topological polar surface area (TPSA) is 29.1 Å². The standard InChI is InChI=1S/C13H17Cl2NO/c1-8(16-13(2,3)4)12(17)9-5-6-10(14)11(15)7-9/h5-8,16H,1-4H3/t8-/m0/s1. The SMILES string of the molecule is C[C@H](NC(C)(C)C)C(=O)c1ccc(Cl)c(Cl)c1. The van der Waals surface area contributed by atoms with Crippen molar-refractivity contribution < 1.29 is 4.79 Å². The molecule has 1 aromatic rings. The highest BCUT2D eigenvalue weighted by Gasteiger charge is 2.20. The summed E-state index contributed by atoms with van der Waals surface area (Å²) in [6.07, 6.45) is 0. The first-order chi connectivity index (χ1) is 7.70. The third kappa shape index (κ3) is 4.30. The summed E-state index contributed by atoms with van der Waals surface area (Å²) in [5.41, 5.74) is 0.467. The molecular weight excluding hydrogens is 257 g/mol. The Morgan fingerprint density at radius 3 is 2.29 bits per heavy atom. The van der Waals surface area contributed by atoms with Gasteiger partial charge in [0.25, 0.3) is 0 Å². The van der Waals surface area contributed by atoms with Gasteiger partial charge in [-0.1, -0.05) is 23.2 Å². The van der Waals surface area contributed by atoms with E-state index in [4.69, 9.17) is 23.2 Å². The molecule has 0 heterocycles. The second kappa shape index (κ2) is 5.38. The molecule has 1 aromatic carbocycles. The van der Waals surface area contributed by atoms with Crippen LogP contribution < -0.4 is 5.32 Å². The first-order valence-electron chi connectivity index (χ1n) is 5.47. The molecule has 0 aromatic heterocycles. The molecule has 0 bridgehead atoms. The number of hydrogen-bond acceptors (Lipinski definition) is 2. The molecule has 94 valence electrons. The van der Waals surface area contributed by atoms with Crippen molar-refractivity contribution in [1.82, 2.24) is 5.32 Å². The van der Waals surface area contributed by atoms with Crippen molar-refractivity contribution in [2.45, 2.75) is 39.3 Å². The van der Waals surface area contributed by atoms with Crippen LogP contribution >= 0.6 is 23.2 Å². The lowest BCUT2D eigenvalue weighted by atomic mass is 10.0. The molecule has 0 aliphatic carbocycles. The van der Waals surface area contributed by atoms with E-state index in [9.17, 15) is 4.79 Å². The summed E-state index contributed by atoms with van der Waals surface area (Å²) in [6, 6.07) is 4.68. The van der Waals surface area contributed by atoms with Crippen molar-refractivity contribution in [1.29, 1.82) is 0 Å². The molecule has 4 heteroatoms. The molecule has 1 N–H and O–H groups in total. The average Bonchev–Trinajstić information content (AvgIpc) is 2.18. The van der Waals surface area contributed by atoms with Gasteiger partial charge < -0.3 is 5.32 Å². The average molecular weight is 274 g/mol. The predicted molar refractivity (Wildman–Crippen MR) is 73.1 cm³/mol. The summed E-state index contributed by atoms with van der Waals surface area (Å²) >= 11 is 11.7. The minimum absolute atomic E-state index is 0.0125. The molecule has 0 aliphatic rings. The van der Waals surface area contributed by atoms with Gasteiger partial charge in [0, 0.05) is 11.1 Å². The van der Waals surface area contributed by atoms with Crippen molar-refractivity contribution in [3.63, 3.8) is 0 Å². The molecule has 0 unspecified atom stereocenters. The van der Waals surface area contributed by atoms with Crippen LogP contribution in [0.2, 0.25) is 10.0 Å². The molecule has 2 nitrogen and oxygen atoms in total. The van der Waals surface area contributed by atoms with E-state index in [-0.39, 0.29) is 17.4 Å². The Morgan fingerprint density at radius 1 is 1.24 bits per heavy atom. The Labute approximate surface area is 112 Å². The monoisotopic (exact) mass is 273 g/mol. The van der Waals surface area contributed by atoms with E-state index in [1.165, 1.54) is 0 Å². The Balaban J connectivity index is 2.85. The lowest BCUT2D eigenvalue weighted by Gasteiger charge is -2.25. The summed E-state index contributed by atoms with van der Waals surface area (Å²) in [5.74, 6) is 0.0125. The molecule has 1 rings (SSSR count). The fraction of sp³-hybridized carbons (Fsp3) is 0.462. The number of nitrogens with one attached hydrogen (secondary N) is 1. The first kappa shape index (κ1) is 14.5. The fourth-order valence-electron chi connectivity index (χ4n) is 1.61. The van der Waals surface area contributed by atoms with E-state index in [1.54, 1.807) is 18.2 Å². The number of Topliss-reactive ketones (excluding diaryl/α,β-unsaturated/α-hetero) is 1. The molecule has 0 amide bonds. The maximum absolute atomic E-state index is 12.1. The number of hydrogen-bond donors (Lipinski definition) is 1. The molecule has 0 radical (unpaired) electrons. The van der Waals surface area contributed by atoms with Gasteiger partial charge in [-0.2, -0.15) is 0 Å². The van der Waals surface area contributed by atoms with E-state index < -0.39 is 0 Å². The van der Waals surface area contributed by atoms with Gasteiger partial charge in [0.1, 0.15) is 0 Å². The highest BCUT2D eigenvalue weighted by Crippen LogP contribution is 2.23. The maximum Gasteiger partial charge on any atom is 0.179 e. The predicted octanol–water partition coefficient (Wildman–Crippen LogP) is 3.95. The van der Waals surface area contributed by atoms with E-state index in [1.807, 2.05) is 27.7 Å². The van der Waals surface area contributed by atoms with Crippen LogP contribution in [0.25, 0.3) is 0 Å². The van der Waals surface area contributed by atoms with Crippen LogP contribution in [-0.2, 0) is 0 Å². The number of ketones is 1. The lowest BCUT2D eigenvalue weighted by molar-refractivity contribution is 0.0936. The third-order valence-electron chi connectivity index (χ3n) is 2.25. The Bertz CT molecular complexity index is 424. The molecule has 0 aliphatic heterocycles. The number of halogens is 2. The second-order valence-electron chi connectivity index (χ2n) is 5.11. The van der Waals surface area contributed by atoms with Gasteiger partial charge in [-0.25, -0.2) is 0 Å². The lowest BCUT2D eigenvalue weighted by Crippen LogP contribution is -2.46. The molecule has 1 atom stereocenters. The van der Waals surface area contributed by atoms with Crippen LogP contribution in [0.4, 0.5) is 0 Å². The molecular formula is C13H17Cl2NO. The van der Waals surface area contributed by atoms with Crippen molar-refractivity contribution in [2.75, 3.05) is 0 Å². The van der Waals surface area contributed by atoms with Crippen LogP contribution in [0.1, 0.15) is 38.1 Å². The van der Waals surface area contributed by atoms with Crippen LogP contribution in [0.5, 0.6) is 0 Å². The first-order valence-corrected chi connectivity index (χ1v) is 6.23. The molecule has 0 saturated heterocycles. The Morgan fingerprint density at radius 2 is 1.82 bits per heavy atom. The highest BCUT2D eigenvalue weighted by atomic mass is 35.5. The van der Waals surface area contributed by atoms with E-state index in [0.717, 1.165) is 0 Å². The summed E-state index contributed by atoms with van der Waals surface area (Å²) in [6.45, 7) is 7.90. The number of benzene rings is 1. The van der Waals surface area contributed by atoms with Crippen LogP contribution in [0, 0.1) is 0 Å². The normalized spacial score (nSPS) is 13.5. The van der Waals surface area contributed by atoms with Crippen molar-refractivity contribution in [3.8, 4) is 0 Å². The van der Waals surface area contributed by atoms with Crippen molar-refractivity contribution in [2.24, 2.45) is 0 Å². The van der Waals surface area contributed by atoms with Crippen LogP contribution in [-0.4, -0.2) is 17.4 Å². The zero-order valence-corrected chi connectivity index (χ0v) is 12.0. The fourth-order valence-corrected chi connectivity index (χ4v) is 1.91. The van der Waals surface area contributed by atoms with Gasteiger partial charge in [-0.05, 0) is 45.9 Å². The van der Waals surface area contributed by atoms with Gasteiger partial charge in [-0.15, -0.1) is 0 Å². The third-order valence-corrected chi connectivity index (χ3v) is 2.99. The second-order valence-corrected chi connectivity index (χ2v) is 5.92.